The number of urea groups is 1. The Morgan fingerprint density at radius 1 is 1.04 bits per heavy atom. The molecule has 0 atom stereocenters. The average molecular weight is 342 g/mol. The van der Waals surface area contributed by atoms with Crippen molar-refractivity contribution in [2.45, 2.75) is 6.54 Å². The lowest BCUT2D eigenvalue weighted by Gasteiger charge is -2.05. The molecule has 0 saturated carbocycles. The molecule has 0 aliphatic carbocycles. The van der Waals surface area contributed by atoms with Crippen LogP contribution in [0.4, 0.5) is 4.79 Å². The lowest BCUT2D eigenvalue weighted by atomic mass is 10.1. The van der Waals surface area contributed by atoms with Crippen molar-refractivity contribution in [3.8, 4) is 6.07 Å². The Balaban J connectivity index is 1.74. The second kappa shape index (κ2) is 6.22. The van der Waals surface area contributed by atoms with Crippen molar-refractivity contribution in [1.29, 1.82) is 5.26 Å². The van der Waals surface area contributed by atoms with E-state index in [1.807, 2.05) is 42.6 Å². The Labute approximate surface area is 149 Å². The second-order valence-electron chi connectivity index (χ2n) is 6.00. The second-order valence-corrected chi connectivity index (χ2v) is 6.00. The summed E-state index contributed by atoms with van der Waals surface area (Å²) >= 11 is 0. The molecule has 1 fully saturated rings. The monoisotopic (exact) mass is 342 g/mol. The smallest absolute Gasteiger partial charge is 0.326 e. The van der Waals surface area contributed by atoms with Crippen LogP contribution in [0.25, 0.3) is 17.0 Å². The van der Waals surface area contributed by atoms with Gasteiger partial charge in [0.25, 0.3) is 5.91 Å². The summed E-state index contributed by atoms with van der Waals surface area (Å²) in [7, 11) is 0. The minimum Gasteiger partial charge on any atom is -0.342 e. The van der Waals surface area contributed by atoms with Crippen LogP contribution in [0.15, 0.2) is 60.4 Å². The number of nitrogens with zero attached hydrogens (tertiary/aromatic N) is 2. The maximum atomic E-state index is 11.8. The van der Waals surface area contributed by atoms with Crippen molar-refractivity contribution in [2.24, 2.45) is 0 Å². The van der Waals surface area contributed by atoms with Gasteiger partial charge in [-0.3, -0.25) is 10.1 Å². The molecule has 0 unspecified atom stereocenters. The Kier molecular flexibility index (Phi) is 3.75. The van der Waals surface area contributed by atoms with E-state index in [0.717, 1.165) is 22.0 Å². The first kappa shape index (κ1) is 15.7. The van der Waals surface area contributed by atoms with Crippen molar-refractivity contribution in [3.05, 3.63) is 77.1 Å². The topological polar surface area (TPSA) is 86.9 Å². The molecule has 2 heterocycles. The van der Waals surface area contributed by atoms with Gasteiger partial charge in [0.2, 0.25) is 0 Å². The standard InChI is InChI=1S/C20H14N4O2/c21-10-13-5-7-14(8-6-13)11-24-12-15(16-3-1-2-4-18(16)24)9-17-19(25)23-20(26)22-17/h1-9,12H,11H2,(H2,22,23,25,26). The molecule has 0 spiro atoms. The van der Waals surface area contributed by atoms with Gasteiger partial charge in [-0.15, -0.1) is 0 Å². The van der Waals surface area contributed by atoms with Crippen LogP contribution in [0.5, 0.6) is 0 Å². The maximum absolute atomic E-state index is 11.8. The normalized spacial score (nSPS) is 15.1. The summed E-state index contributed by atoms with van der Waals surface area (Å²) in [6.45, 7) is 0.633. The van der Waals surface area contributed by atoms with Gasteiger partial charge in [0.15, 0.2) is 0 Å². The summed E-state index contributed by atoms with van der Waals surface area (Å²) in [6, 6.07) is 16.9. The number of hydrogen-bond acceptors (Lipinski definition) is 3. The molecular weight excluding hydrogens is 328 g/mol. The first-order chi connectivity index (χ1) is 12.6. The number of aromatic nitrogens is 1. The SMILES string of the molecule is N#Cc1ccc(Cn2cc(C=C3NC(=O)NC3=O)c3ccccc32)cc1. The average Bonchev–Trinajstić information content (AvgIpc) is 3.16. The van der Waals surface area contributed by atoms with Gasteiger partial charge < -0.3 is 9.88 Å². The molecule has 2 N–H and O–H groups in total. The maximum Gasteiger partial charge on any atom is 0.326 e. The molecular formula is C20H14N4O2. The van der Waals surface area contributed by atoms with E-state index in [1.54, 1.807) is 18.2 Å². The van der Waals surface area contributed by atoms with Crippen LogP contribution in [0, 0.1) is 11.3 Å². The van der Waals surface area contributed by atoms with E-state index in [4.69, 9.17) is 5.26 Å². The zero-order valence-corrected chi connectivity index (χ0v) is 13.7. The molecule has 6 heteroatoms. The van der Waals surface area contributed by atoms with Crippen LogP contribution < -0.4 is 10.6 Å². The van der Waals surface area contributed by atoms with Crippen LogP contribution in [-0.4, -0.2) is 16.5 Å². The van der Waals surface area contributed by atoms with Gasteiger partial charge in [0.1, 0.15) is 5.70 Å². The summed E-state index contributed by atoms with van der Waals surface area (Å²) in [5, 5.41) is 14.6. The Morgan fingerprint density at radius 2 is 1.81 bits per heavy atom. The fourth-order valence-electron chi connectivity index (χ4n) is 3.04. The van der Waals surface area contributed by atoms with Crippen molar-refractivity contribution in [3.63, 3.8) is 0 Å². The number of imide groups is 1. The van der Waals surface area contributed by atoms with E-state index in [2.05, 4.69) is 21.3 Å². The molecule has 2 aromatic carbocycles. The van der Waals surface area contributed by atoms with E-state index in [9.17, 15) is 9.59 Å². The van der Waals surface area contributed by atoms with Gasteiger partial charge in [-0.2, -0.15) is 5.26 Å². The molecule has 1 saturated heterocycles. The quantitative estimate of drug-likeness (QED) is 0.567. The molecule has 3 aromatic rings. The van der Waals surface area contributed by atoms with Gasteiger partial charge in [0, 0.05) is 29.2 Å². The lowest BCUT2D eigenvalue weighted by Crippen LogP contribution is -2.22. The minimum atomic E-state index is -0.512. The Bertz CT molecular complexity index is 1100. The largest absolute Gasteiger partial charge is 0.342 e. The predicted molar refractivity (Wildman–Crippen MR) is 96.8 cm³/mol. The summed E-state index contributed by atoms with van der Waals surface area (Å²) < 4.78 is 2.08. The third kappa shape index (κ3) is 2.82. The minimum absolute atomic E-state index is 0.233. The van der Waals surface area contributed by atoms with E-state index in [1.165, 1.54) is 0 Å². The highest BCUT2D eigenvalue weighted by molar-refractivity contribution is 6.14. The number of carbonyl (C=O) groups is 2. The zero-order valence-electron chi connectivity index (χ0n) is 13.7. The molecule has 0 radical (unpaired) electrons. The number of para-hydroxylation sites is 1. The van der Waals surface area contributed by atoms with E-state index in [0.29, 0.717) is 12.1 Å². The van der Waals surface area contributed by atoms with Gasteiger partial charge in [-0.05, 0) is 29.8 Å². The van der Waals surface area contributed by atoms with Crippen molar-refractivity contribution < 1.29 is 9.59 Å². The van der Waals surface area contributed by atoms with Crippen LogP contribution in [0.2, 0.25) is 0 Å². The first-order valence-electron chi connectivity index (χ1n) is 8.05. The van der Waals surface area contributed by atoms with E-state index in [-0.39, 0.29) is 5.70 Å². The van der Waals surface area contributed by atoms with Crippen LogP contribution in [0.1, 0.15) is 16.7 Å². The van der Waals surface area contributed by atoms with Crippen molar-refractivity contribution in [1.82, 2.24) is 15.2 Å². The number of hydrogen-bond donors (Lipinski definition) is 2. The number of rotatable bonds is 3. The highest BCUT2D eigenvalue weighted by atomic mass is 16.2. The summed E-state index contributed by atoms with van der Waals surface area (Å²) in [6.07, 6.45) is 3.63. The molecule has 26 heavy (non-hydrogen) atoms. The van der Waals surface area contributed by atoms with Crippen molar-refractivity contribution >= 4 is 28.9 Å². The Morgan fingerprint density at radius 3 is 2.50 bits per heavy atom. The first-order valence-corrected chi connectivity index (χ1v) is 8.05. The third-order valence-corrected chi connectivity index (χ3v) is 4.28. The molecule has 3 amide bonds. The summed E-state index contributed by atoms with van der Waals surface area (Å²) in [4.78, 5) is 23.1. The molecule has 0 bridgehead atoms. The van der Waals surface area contributed by atoms with E-state index < -0.39 is 11.9 Å². The Hall–Kier alpha value is -3.85. The van der Waals surface area contributed by atoms with E-state index >= 15 is 0 Å². The molecule has 1 aromatic heterocycles. The molecule has 126 valence electrons. The molecule has 6 nitrogen and oxygen atoms in total. The zero-order chi connectivity index (χ0) is 18.1. The fourth-order valence-corrected chi connectivity index (χ4v) is 3.04. The third-order valence-electron chi connectivity index (χ3n) is 4.28. The van der Waals surface area contributed by atoms with Crippen LogP contribution in [-0.2, 0) is 11.3 Å². The van der Waals surface area contributed by atoms with Gasteiger partial charge in [0.05, 0.1) is 11.6 Å². The number of nitriles is 1. The number of nitrogens with one attached hydrogen (secondary N) is 2. The van der Waals surface area contributed by atoms with Crippen molar-refractivity contribution in [2.75, 3.05) is 0 Å². The number of carbonyl (C=O) groups excluding carboxylic acids is 2. The fraction of sp³-hybridized carbons (Fsp3) is 0.0500. The van der Waals surface area contributed by atoms with Gasteiger partial charge in [-0.1, -0.05) is 30.3 Å². The molecule has 1 aliphatic rings. The highest BCUT2D eigenvalue weighted by Crippen LogP contribution is 2.24. The molecule has 1 aliphatic heterocycles. The van der Waals surface area contributed by atoms with Gasteiger partial charge >= 0.3 is 6.03 Å². The van der Waals surface area contributed by atoms with Crippen LogP contribution in [0.3, 0.4) is 0 Å². The number of fused-ring (bicyclic) bond motifs is 1. The lowest BCUT2D eigenvalue weighted by molar-refractivity contribution is -0.115. The summed E-state index contributed by atoms with van der Waals surface area (Å²) in [5.74, 6) is -0.432. The number of amides is 3. The predicted octanol–water partition coefficient (Wildman–Crippen LogP) is 2.74. The van der Waals surface area contributed by atoms with Gasteiger partial charge in [-0.25, -0.2) is 4.79 Å². The number of benzene rings is 2. The molecule has 4 rings (SSSR count). The van der Waals surface area contributed by atoms with Crippen LogP contribution >= 0.6 is 0 Å². The summed E-state index contributed by atoms with van der Waals surface area (Å²) in [5.41, 5.74) is 3.79. The highest BCUT2D eigenvalue weighted by Gasteiger charge is 2.23.